The largest absolute Gasteiger partial charge is 0.459 e. The number of rotatable bonds is 3. The lowest BCUT2D eigenvalue weighted by molar-refractivity contribution is -0.268. The maximum absolute atomic E-state index is 12.3. The highest BCUT2D eigenvalue weighted by molar-refractivity contribution is 5.67. The Labute approximate surface area is 232 Å². The summed E-state index contributed by atoms with van der Waals surface area (Å²) in [6.45, 7) is 23.0. The molecule has 5 fully saturated rings. The molecule has 0 aromatic carbocycles. The van der Waals surface area contributed by atoms with E-state index in [4.69, 9.17) is 9.47 Å². The Hall–Kier alpha value is -1.06. The Bertz CT molecular complexity index is 970. The van der Waals surface area contributed by atoms with Crippen LogP contribution in [0.4, 0.5) is 0 Å². The highest BCUT2D eigenvalue weighted by Gasteiger charge is 2.71. The van der Waals surface area contributed by atoms with Gasteiger partial charge in [0.25, 0.3) is 0 Å². The molecule has 5 saturated carbocycles. The lowest BCUT2D eigenvalue weighted by Gasteiger charge is -2.73. The van der Waals surface area contributed by atoms with Crippen LogP contribution in [0.25, 0.3) is 0 Å². The summed E-state index contributed by atoms with van der Waals surface area (Å²) < 4.78 is 12.0. The Morgan fingerprint density at radius 3 is 2.00 bits per heavy atom. The molecule has 0 aromatic rings. The van der Waals surface area contributed by atoms with E-state index in [-0.39, 0.29) is 40.4 Å². The van der Waals surface area contributed by atoms with Gasteiger partial charge in [0.1, 0.15) is 12.2 Å². The first kappa shape index (κ1) is 28.5. The SMILES string of the molecule is CC(=O)O[C@@H]1[C@H](OC(C)=O)C[C@@]2(C)[C@@H](CC[C@@]3(C)[C@H]2CC[C@@H]2[C@H]4[C@H](C(C)C)CC[C@@]4(C)CC[C@]23C)C1(C)C. The van der Waals surface area contributed by atoms with Crippen LogP contribution in [0.15, 0.2) is 0 Å². The van der Waals surface area contributed by atoms with Crippen LogP contribution < -0.4 is 0 Å². The summed E-state index contributed by atoms with van der Waals surface area (Å²) in [5, 5.41) is 0. The lowest BCUT2D eigenvalue weighted by Crippen LogP contribution is -2.68. The maximum Gasteiger partial charge on any atom is 0.303 e. The number of carbonyl (C=O) groups is 2. The minimum absolute atomic E-state index is 0.0507. The van der Waals surface area contributed by atoms with Crippen LogP contribution in [0, 0.1) is 62.6 Å². The molecule has 216 valence electrons. The van der Waals surface area contributed by atoms with Crippen molar-refractivity contribution in [1.82, 2.24) is 0 Å². The standard InChI is InChI=1S/C34H56O4/c1-20(2)23-13-15-31(7)17-18-33(9)24(28(23)31)11-12-27-32(8)19-25(37-21(3)35)29(38-22(4)36)30(5,6)26(32)14-16-34(27,33)10/h20,23-29H,11-19H2,1-10H3/t23-,24+,25+,26-,27-,28+,29+,31-,32-,33+,34-/m0/s1. The van der Waals surface area contributed by atoms with E-state index in [2.05, 4.69) is 55.4 Å². The molecule has 5 aliphatic rings. The highest BCUT2D eigenvalue weighted by Crippen LogP contribution is 2.77. The second-order valence-electron chi connectivity index (χ2n) is 16.5. The molecule has 11 atom stereocenters. The van der Waals surface area contributed by atoms with Crippen molar-refractivity contribution in [2.24, 2.45) is 62.6 Å². The predicted octanol–water partition coefficient (Wildman–Crippen LogP) is 8.22. The van der Waals surface area contributed by atoms with Gasteiger partial charge in [-0.05, 0) is 115 Å². The monoisotopic (exact) mass is 528 g/mol. The zero-order valence-electron chi connectivity index (χ0n) is 26.1. The Morgan fingerprint density at radius 2 is 1.39 bits per heavy atom. The van der Waals surface area contributed by atoms with E-state index in [9.17, 15) is 9.59 Å². The maximum atomic E-state index is 12.3. The molecule has 38 heavy (non-hydrogen) atoms. The average Bonchev–Trinajstić information content (AvgIpc) is 3.14. The molecule has 0 bridgehead atoms. The Kier molecular flexibility index (Phi) is 6.72. The first-order chi connectivity index (χ1) is 17.5. The summed E-state index contributed by atoms with van der Waals surface area (Å²) >= 11 is 0. The van der Waals surface area contributed by atoms with E-state index in [0.29, 0.717) is 22.7 Å². The van der Waals surface area contributed by atoms with Gasteiger partial charge in [-0.25, -0.2) is 0 Å². The predicted molar refractivity (Wildman–Crippen MR) is 151 cm³/mol. The van der Waals surface area contributed by atoms with E-state index in [0.717, 1.165) is 30.1 Å². The van der Waals surface area contributed by atoms with Gasteiger partial charge < -0.3 is 9.47 Å². The van der Waals surface area contributed by atoms with E-state index < -0.39 is 0 Å². The summed E-state index contributed by atoms with van der Waals surface area (Å²) in [6, 6.07) is 0. The Balaban J connectivity index is 1.54. The quantitative estimate of drug-likeness (QED) is 0.346. The van der Waals surface area contributed by atoms with Crippen molar-refractivity contribution in [2.45, 2.75) is 139 Å². The third-order valence-corrected chi connectivity index (χ3v) is 14.2. The van der Waals surface area contributed by atoms with Gasteiger partial charge in [-0.1, -0.05) is 55.4 Å². The van der Waals surface area contributed by atoms with Crippen molar-refractivity contribution in [3.05, 3.63) is 0 Å². The zero-order valence-corrected chi connectivity index (χ0v) is 26.1. The molecule has 0 unspecified atom stereocenters. The summed E-state index contributed by atoms with van der Waals surface area (Å²) in [7, 11) is 0. The smallest absolute Gasteiger partial charge is 0.303 e. The lowest BCUT2D eigenvalue weighted by atomic mass is 9.32. The summed E-state index contributed by atoms with van der Waals surface area (Å²) in [5.41, 5.74) is 0.942. The summed E-state index contributed by atoms with van der Waals surface area (Å²) in [5.74, 6) is 3.78. The normalized spacial score (nSPS) is 51.3. The molecule has 4 nitrogen and oxygen atoms in total. The molecular formula is C34H56O4. The molecule has 5 rings (SSSR count). The minimum atomic E-state index is -0.390. The molecule has 0 N–H and O–H groups in total. The molecule has 5 aliphatic carbocycles. The molecule has 0 aromatic heterocycles. The van der Waals surface area contributed by atoms with E-state index in [1.807, 2.05) is 0 Å². The number of ether oxygens (including phenoxy) is 2. The van der Waals surface area contributed by atoms with Crippen molar-refractivity contribution in [3.63, 3.8) is 0 Å². The van der Waals surface area contributed by atoms with E-state index >= 15 is 0 Å². The van der Waals surface area contributed by atoms with Crippen LogP contribution in [-0.4, -0.2) is 24.1 Å². The third kappa shape index (κ3) is 3.80. The van der Waals surface area contributed by atoms with Gasteiger partial charge in [0.2, 0.25) is 0 Å². The van der Waals surface area contributed by atoms with Crippen LogP contribution in [0.3, 0.4) is 0 Å². The van der Waals surface area contributed by atoms with Crippen molar-refractivity contribution >= 4 is 11.9 Å². The fourth-order valence-corrected chi connectivity index (χ4v) is 12.6. The van der Waals surface area contributed by atoms with Gasteiger partial charge in [0.05, 0.1) is 0 Å². The average molecular weight is 529 g/mol. The van der Waals surface area contributed by atoms with Crippen LogP contribution in [0.1, 0.15) is 127 Å². The van der Waals surface area contributed by atoms with Crippen LogP contribution in [-0.2, 0) is 19.1 Å². The fourth-order valence-electron chi connectivity index (χ4n) is 12.6. The van der Waals surface area contributed by atoms with Crippen LogP contribution in [0.2, 0.25) is 0 Å². The molecule has 0 spiro atoms. The molecule has 0 amide bonds. The van der Waals surface area contributed by atoms with Gasteiger partial charge in [-0.3, -0.25) is 9.59 Å². The van der Waals surface area contributed by atoms with Gasteiger partial charge in [-0.15, -0.1) is 0 Å². The molecule has 0 saturated heterocycles. The molecule has 0 radical (unpaired) electrons. The zero-order chi connectivity index (χ0) is 28.1. The second kappa shape index (κ2) is 8.97. The summed E-state index contributed by atoms with van der Waals surface area (Å²) in [6.07, 6.45) is 10.7. The van der Waals surface area contributed by atoms with Gasteiger partial charge in [0.15, 0.2) is 0 Å². The first-order valence-electron chi connectivity index (χ1n) is 15.9. The van der Waals surface area contributed by atoms with E-state index in [1.54, 1.807) is 0 Å². The molecule has 0 heterocycles. The van der Waals surface area contributed by atoms with E-state index in [1.165, 1.54) is 65.2 Å². The van der Waals surface area contributed by atoms with Gasteiger partial charge in [-0.2, -0.15) is 0 Å². The second-order valence-corrected chi connectivity index (χ2v) is 16.5. The number of fused-ring (bicyclic) bond motifs is 7. The fraction of sp³-hybridized carbons (Fsp3) is 0.941. The minimum Gasteiger partial charge on any atom is -0.459 e. The van der Waals surface area contributed by atoms with Gasteiger partial charge in [0, 0.05) is 19.3 Å². The topological polar surface area (TPSA) is 52.6 Å². The Morgan fingerprint density at radius 1 is 0.737 bits per heavy atom. The van der Waals surface area contributed by atoms with Crippen molar-refractivity contribution in [3.8, 4) is 0 Å². The van der Waals surface area contributed by atoms with Crippen molar-refractivity contribution < 1.29 is 19.1 Å². The summed E-state index contributed by atoms with van der Waals surface area (Å²) in [4.78, 5) is 24.4. The highest BCUT2D eigenvalue weighted by atomic mass is 16.6. The van der Waals surface area contributed by atoms with Crippen LogP contribution >= 0.6 is 0 Å². The molecule has 4 heteroatoms. The van der Waals surface area contributed by atoms with Crippen molar-refractivity contribution in [1.29, 1.82) is 0 Å². The number of hydrogen-bond acceptors (Lipinski definition) is 4. The first-order valence-corrected chi connectivity index (χ1v) is 15.9. The molecular weight excluding hydrogens is 472 g/mol. The van der Waals surface area contributed by atoms with Crippen molar-refractivity contribution in [2.75, 3.05) is 0 Å². The van der Waals surface area contributed by atoms with Crippen LogP contribution in [0.5, 0.6) is 0 Å². The number of hydrogen-bond donors (Lipinski definition) is 0. The number of esters is 2. The third-order valence-electron chi connectivity index (χ3n) is 14.2. The van der Waals surface area contributed by atoms with Gasteiger partial charge >= 0.3 is 11.9 Å². The number of carbonyl (C=O) groups excluding carboxylic acids is 2. The molecule has 0 aliphatic heterocycles.